The lowest BCUT2D eigenvalue weighted by atomic mass is 10.0. The maximum atomic E-state index is 12.2. The highest BCUT2D eigenvalue weighted by Gasteiger charge is 2.24. The van der Waals surface area contributed by atoms with Crippen LogP contribution in [0, 0.1) is 5.92 Å². The first-order chi connectivity index (χ1) is 11.0. The smallest absolute Gasteiger partial charge is 0.326 e. The van der Waals surface area contributed by atoms with E-state index in [1.807, 2.05) is 0 Å². The van der Waals surface area contributed by atoms with Gasteiger partial charge in [0.05, 0.1) is 12.7 Å². The van der Waals surface area contributed by atoms with Gasteiger partial charge in [-0.05, 0) is 48.4 Å². The van der Waals surface area contributed by atoms with Gasteiger partial charge in [0.1, 0.15) is 11.6 Å². The average molecular weight is 315 g/mol. The van der Waals surface area contributed by atoms with E-state index < -0.39 is 12.0 Å². The van der Waals surface area contributed by atoms with Crippen LogP contribution in [0.3, 0.4) is 0 Å². The van der Waals surface area contributed by atoms with Crippen LogP contribution in [0.2, 0.25) is 0 Å². The van der Waals surface area contributed by atoms with Gasteiger partial charge in [-0.1, -0.05) is 13.8 Å². The van der Waals surface area contributed by atoms with E-state index in [9.17, 15) is 9.59 Å². The van der Waals surface area contributed by atoms with Gasteiger partial charge in [0.25, 0.3) is 0 Å². The van der Waals surface area contributed by atoms with Crippen LogP contribution in [0.1, 0.15) is 37.0 Å². The molecule has 0 bridgehead atoms. The molecule has 1 aromatic heterocycles. The maximum absolute atomic E-state index is 12.2. The maximum Gasteiger partial charge on any atom is 0.326 e. The molecule has 1 heterocycles. The van der Waals surface area contributed by atoms with Crippen molar-refractivity contribution in [2.75, 3.05) is 0 Å². The van der Waals surface area contributed by atoms with E-state index in [1.54, 1.807) is 20.1 Å². The van der Waals surface area contributed by atoms with E-state index >= 15 is 0 Å². The Labute approximate surface area is 134 Å². The number of rotatable bonds is 5. The Hall–Kier alpha value is -2.30. The molecule has 23 heavy (non-hydrogen) atoms. The van der Waals surface area contributed by atoms with Crippen LogP contribution in [0.25, 0.3) is 11.0 Å². The summed E-state index contributed by atoms with van der Waals surface area (Å²) in [6.45, 7) is 3.55. The standard InChI is InChI=1S/C18H21NO4/c1-10(2)17(18(21)22)19-16(20)8-13-9-23-15-7-12-5-3-4-11(12)6-14(13)15/h6-7,9-10,17H,3-5,8H2,1-2H3,(H,19,20)(H,21,22)/t17-/m1/s1. The van der Waals surface area contributed by atoms with Crippen molar-refractivity contribution in [3.8, 4) is 0 Å². The highest BCUT2D eigenvalue weighted by atomic mass is 16.4. The molecular weight excluding hydrogens is 294 g/mol. The van der Waals surface area contributed by atoms with Crippen LogP contribution >= 0.6 is 0 Å². The Bertz CT molecular complexity index is 760. The van der Waals surface area contributed by atoms with Gasteiger partial charge in [-0.25, -0.2) is 4.79 Å². The largest absolute Gasteiger partial charge is 0.480 e. The topological polar surface area (TPSA) is 79.5 Å². The summed E-state index contributed by atoms with van der Waals surface area (Å²) in [5.74, 6) is -1.47. The van der Waals surface area contributed by atoms with Crippen LogP contribution in [0.15, 0.2) is 22.8 Å². The van der Waals surface area contributed by atoms with Gasteiger partial charge in [-0.3, -0.25) is 4.79 Å². The van der Waals surface area contributed by atoms with E-state index in [0.717, 1.165) is 35.8 Å². The number of hydrogen-bond donors (Lipinski definition) is 2. The summed E-state index contributed by atoms with van der Waals surface area (Å²) >= 11 is 0. The first kappa shape index (κ1) is 15.6. The van der Waals surface area contributed by atoms with Crippen molar-refractivity contribution in [1.82, 2.24) is 5.32 Å². The molecule has 1 aliphatic carbocycles. The van der Waals surface area contributed by atoms with Gasteiger partial charge >= 0.3 is 5.97 Å². The molecule has 0 aliphatic heterocycles. The Kier molecular flexibility index (Phi) is 4.11. The van der Waals surface area contributed by atoms with Gasteiger partial charge in [0.15, 0.2) is 0 Å². The number of aryl methyl sites for hydroxylation is 2. The number of carbonyl (C=O) groups is 2. The third-order valence-electron chi connectivity index (χ3n) is 4.47. The quantitative estimate of drug-likeness (QED) is 0.889. The number of amides is 1. The molecule has 122 valence electrons. The zero-order valence-corrected chi connectivity index (χ0v) is 13.4. The van der Waals surface area contributed by atoms with Crippen LogP contribution in [-0.2, 0) is 28.9 Å². The summed E-state index contributed by atoms with van der Waals surface area (Å²) in [6.07, 6.45) is 5.03. The van der Waals surface area contributed by atoms with Crippen molar-refractivity contribution in [3.05, 3.63) is 35.1 Å². The molecule has 3 rings (SSSR count). The Morgan fingerprint density at radius 3 is 2.61 bits per heavy atom. The molecule has 0 fully saturated rings. The molecule has 5 nitrogen and oxygen atoms in total. The van der Waals surface area contributed by atoms with Gasteiger partial charge in [0, 0.05) is 10.9 Å². The number of carboxylic acids is 1. The van der Waals surface area contributed by atoms with E-state index in [-0.39, 0.29) is 18.2 Å². The van der Waals surface area contributed by atoms with Crippen LogP contribution in [0.5, 0.6) is 0 Å². The minimum absolute atomic E-state index is 0.127. The Balaban J connectivity index is 1.79. The van der Waals surface area contributed by atoms with Crippen LogP contribution < -0.4 is 5.32 Å². The van der Waals surface area contributed by atoms with Gasteiger partial charge in [-0.2, -0.15) is 0 Å². The van der Waals surface area contributed by atoms with E-state index in [0.29, 0.717) is 0 Å². The molecule has 0 unspecified atom stereocenters. The van der Waals surface area contributed by atoms with Crippen molar-refractivity contribution in [1.29, 1.82) is 0 Å². The first-order valence-corrected chi connectivity index (χ1v) is 7.99. The van der Waals surface area contributed by atoms with Gasteiger partial charge in [0.2, 0.25) is 5.91 Å². The third kappa shape index (κ3) is 3.09. The molecule has 0 saturated carbocycles. The van der Waals surface area contributed by atoms with Crippen molar-refractivity contribution in [3.63, 3.8) is 0 Å². The monoisotopic (exact) mass is 315 g/mol. The molecular formula is C18H21NO4. The van der Waals surface area contributed by atoms with E-state index in [2.05, 4.69) is 17.4 Å². The van der Waals surface area contributed by atoms with Crippen molar-refractivity contribution >= 4 is 22.8 Å². The summed E-state index contributed by atoms with van der Waals surface area (Å²) < 4.78 is 5.58. The average Bonchev–Trinajstić information content (AvgIpc) is 3.08. The molecule has 2 N–H and O–H groups in total. The van der Waals surface area contributed by atoms with Crippen molar-refractivity contribution in [2.24, 2.45) is 5.92 Å². The van der Waals surface area contributed by atoms with E-state index in [4.69, 9.17) is 9.52 Å². The number of aliphatic carboxylic acids is 1. The van der Waals surface area contributed by atoms with Crippen molar-refractivity contribution < 1.29 is 19.1 Å². The second-order valence-electron chi connectivity index (χ2n) is 6.54. The fourth-order valence-corrected chi connectivity index (χ4v) is 3.20. The number of carboxylic acid groups (broad SMARTS) is 1. The first-order valence-electron chi connectivity index (χ1n) is 7.99. The highest BCUT2D eigenvalue weighted by Crippen LogP contribution is 2.30. The lowest BCUT2D eigenvalue weighted by molar-refractivity contribution is -0.143. The predicted octanol–water partition coefficient (Wildman–Crippen LogP) is 2.69. The summed E-state index contributed by atoms with van der Waals surface area (Å²) in [7, 11) is 0. The zero-order chi connectivity index (χ0) is 16.6. The number of nitrogens with one attached hydrogen (secondary N) is 1. The number of hydrogen-bond acceptors (Lipinski definition) is 3. The molecule has 0 spiro atoms. The minimum atomic E-state index is -1.01. The molecule has 1 aromatic carbocycles. The summed E-state index contributed by atoms with van der Waals surface area (Å²) in [6, 6.07) is 3.30. The Morgan fingerprint density at radius 1 is 1.26 bits per heavy atom. The number of furan rings is 1. The molecule has 0 saturated heterocycles. The molecule has 1 atom stereocenters. The normalized spacial score (nSPS) is 14.9. The van der Waals surface area contributed by atoms with Crippen LogP contribution in [0.4, 0.5) is 0 Å². The zero-order valence-electron chi connectivity index (χ0n) is 13.4. The summed E-state index contributed by atoms with van der Waals surface area (Å²) in [5.41, 5.74) is 4.26. The second kappa shape index (κ2) is 6.07. The third-order valence-corrected chi connectivity index (χ3v) is 4.47. The molecule has 1 amide bonds. The van der Waals surface area contributed by atoms with Crippen molar-refractivity contribution in [2.45, 2.75) is 45.6 Å². The highest BCUT2D eigenvalue weighted by molar-refractivity contribution is 5.90. The molecule has 0 radical (unpaired) electrons. The molecule has 5 heteroatoms. The fraction of sp³-hybridized carbons (Fsp3) is 0.444. The SMILES string of the molecule is CC(C)[C@@H](NC(=O)Cc1coc2cc3c(cc12)CCC3)C(=O)O. The predicted molar refractivity (Wildman–Crippen MR) is 86.3 cm³/mol. The minimum Gasteiger partial charge on any atom is -0.480 e. The summed E-state index contributed by atoms with van der Waals surface area (Å²) in [4.78, 5) is 23.4. The molecule has 2 aromatic rings. The number of benzene rings is 1. The van der Waals surface area contributed by atoms with Gasteiger partial charge < -0.3 is 14.8 Å². The number of carbonyl (C=O) groups excluding carboxylic acids is 1. The summed E-state index contributed by atoms with van der Waals surface area (Å²) in [5, 5.41) is 12.7. The number of fused-ring (bicyclic) bond motifs is 2. The van der Waals surface area contributed by atoms with E-state index in [1.165, 1.54) is 11.1 Å². The lowest BCUT2D eigenvalue weighted by Crippen LogP contribution is -2.44. The lowest BCUT2D eigenvalue weighted by Gasteiger charge is -2.17. The van der Waals surface area contributed by atoms with Crippen LogP contribution in [-0.4, -0.2) is 23.0 Å². The van der Waals surface area contributed by atoms with Gasteiger partial charge in [-0.15, -0.1) is 0 Å². The molecule has 1 aliphatic rings. The fourth-order valence-electron chi connectivity index (χ4n) is 3.20. The Morgan fingerprint density at radius 2 is 1.96 bits per heavy atom. The second-order valence-corrected chi connectivity index (χ2v) is 6.54.